The molecule has 0 aliphatic heterocycles. The van der Waals surface area contributed by atoms with Crippen LogP contribution in [0.5, 0.6) is 0 Å². The second-order valence-corrected chi connectivity index (χ2v) is 4.96. The van der Waals surface area contributed by atoms with Crippen molar-refractivity contribution in [1.29, 1.82) is 0 Å². The van der Waals surface area contributed by atoms with Gasteiger partial charge >= 0.3 is 0 Å². The summed E-state index contributed by atoms with van der Waals surface area (Å²) in [5.74, 6) is -0.243. The first-order valence-electron chi connectivity index (χ1n) is 5.34. The largest absolute Gasteiger partial charge is 0.393 e. The molecule has 90 valence electrons. The monoisotopic (exact) mass is 289 g/mol. The number of aliphatic hydroxyl groups excluding tert-OH is 1. The van der Waals surface area contributed by atoms with Gasteiger partial charge in [-0.3, -0.25) is 0 Å². The maximum Gasteiger partial charge on any atom is 0.124 e. The summed E-state index contributed by atoms with van der Waals surface area (Å²) in [6, 6.07) is 4.89. The lowest BCUT2D eigenvalue weighted by Crippen LogP contribution is -2.28. The molecule has 1 aromatic carbocycles. The van der Waals surface area contributed by atoms with Crippen LogP contribution in [-0.2, 0) is 6.54 Å². The Kier molecular flexibility index (Phi) is 5.38. The molecule has 2 atom stereocenters. The van der Waals surface area contributed by atoms with Crippen molar-refractivity contribution in [2.24, 2.45) is 0 Å². The number of halogens is 2. The Bertz CT molecular complexity index is 344. The Balaban J connectivity index is 2.48. The van der Waals surface area contributed by atoms with Gasteiger partial charge in [-0.2, -0.15) is 0 Å². The third-order valence-electron chi connectivity index (χ3n) is 2.35. The number of hydrogen-bond donors (Lipinski definition) is 2. The molecular weight excluding hydrogens is 273 g/mol. The highest BCUT2D eigenvalue weighted by Crippen LogP contribution is 2.18. The summed E-state index contributed by atoms with van der Waals surface area (Å²) in [5, 5.41) is 12.5. The number of hydrogen-bond acceptors (Lipinski definition) is 2. The number of aliphatic hydroxyl groups is 1. The predicted octanol–water partition coefficient (Wildman–Crippen LogP) is 2.84. The maximum atomic E-state index is 12.8. The molecule has 0 saturated carbocycles. The first kappa shape index (κ1) is 13.6. The molecule has 0 aromatic heterocycles. The van der Waals surface area contributed by atoms with Crippen molar-refractivity contribution in [1.82, 2.24) is 5.32 Å². The molecule has 1 rings (SSSR count). The van der Waals surface area contributed by atoms with E-state index in [4.69, 9.17) is 0 Å². The molecule has 16 heavy (non-hydrogen) atoms. The average molecular weight is 290 g/mol. The number of nitrogens with one attached hydrogen (secondary N) is 1. The quantitative estimate of drug-likeness (QED) is 0.874. The zero-order valence-electron chi connectivity index (χ0n) is 9.50. The molecule has 2 N–H and O–H groups in total. The Labute approximate surface area is 104 Å². The lowest BCUT2D eigenvalue weighted by Gasteiger charge is -2.15. The van der Waals surface area contributed by atoms with Crippen LogP contribution in [0.4, 0.5) is 4.39 Å². The summed E-state index contributed by atoms with van der Waals surface area (Å²) < 4.78 is 13.6. The van der Waals surface area contributed by atoms with Crippen molar-refractivity contribution in [2.45, 2.75) is 39.0 Å². The van der Waals surface area contributed by atoms with E-state index in [0.717, 1.165) is 10.0 Å². The third-order valence-corrected chi connectivity index (χ3v) is 3.09. The van der Waals surface area contributed by atoms with Crippen LogP contribution in [0.25, 0.3) is 0 Å². The molecule has 0 bridgehead atoms. The van der Waals surface area contributed by atoms with E-state index in [1.807, 2.05) is 6.92 Å². The highest BCUT2D eigenvalue weighted by molar-refractivity contribution is 9.10. The standard InChI is InChI=1S/C12H17BrFNO/c1-8(5-9(2)16)15-7-10-3-4-11(14)6-12(10)13/h3-4,6,8-9,15-16H,5,7H2,1-2H3. The van der Waals surface area contributed by atoms with Crippen molar-refractivity contribution in [3.05, 3.63) is 34.1 Å². The van der Waals surface area contributed by atoms with Crippen LogP contribution in [0.3, 0.4) is 0 Å². The molecule has 0 fully saturated rings. The van der Waals surface area contributed by atoms with E-state index < -0.39 is 0 Å². The summed E-state index contributed by atoms with van der Waals surface area (Å²) in [7, 11) is 0. The van der Waals surface area contributed by atoms with Crippen LogP contribution < -0.4 is 5.32 Å². The van der Waals surface area contributed by atoms with Crippen LogP contribution in [0, 0.1) is 5.82 Å². The minimum atomic E-state index is -0.306. The first-order valence-corrected chi connectivity index (χ1v) is 6.13. The molecule has 4 heteroatoms. The summed E-state index contributed by atoms with van der Waals surface area (Å²) in [4.78, 5) is 0. The highest BCUT2D eigenvalue weighted by Gasteiger charge is 2.07. The smallest absolute Gasteiger partial charge is 0.124 e. The van der Waals surface area contributed by atoms with E-state index in [9.17, 15) is 9.50 Å². The lowest BCUT2D eigenvalue weighted by molar-refractivity contribution is 0.170. The minimum Gasteiger partial charge on any atom is -0.393 e. The molecule has 0 radical (unpaired) electrons. The van der Waals surface area contributed by atoms with E-state index in [1.165, 1.54) is 12.1 Å². The summed E-state index contributed by atoms with van der Waals surface area (Å²) in [5.41, 5.74) is 1.01. The molecule has 0 aliphatic rings. The van der Waals surface area contributed by atoms with Gasteiger partial charge < -0.3 is 10.4 Å². The van der Waals surface area contributed by atoms with Crippen LogP contribution >= 0.6 is 15.9 Å². The van der Waals surface area contributed by atoms with Crippen molar-refractivity contribution < 1.29 is 9.50 Å². The summed E-state index contributed by atoms with van der Waals surface area (Å²) >= 11 is 3.32. The maximum absolute atomic E-state index is 12.8. The van der Waals surface area contributed by atoms with Crippen LogP contribution in [0.2, 0.25) is 0 Å². The summed E-state index contributed by atoms with van der Waals surface area (Å²) in [6.45, 7) is 4.45. The molecule has 0 amide bonds. The van der Waals surface area contributed by atoms with E-state index in [0.29, 0.717) is 13.0 Å². The van der Waals surface area contributed by atoms with Gasteiger partial charge in [0.2, 0.25) is 0 Å². The molecule has 1 aromatic rings. The van der Waals surface area contributed by atoms with Gasteiger partial charge in [0, 0.05) is 17.1 Å². The van der Waals surface area contributed by atoms with Crippen molar-refractivity contribution >= 4 is 15.9 Å². The zero-order valence-corrected chi connectivity index (χ0v) is 11.1. The molecular formula is C12H17BrFNO. The van der Waals surface area contributed by atoms with Gasteiger partial charge in [0.15, 0.2) is 0 Å². The van der Waals surface area contributed by atoms with Gasteiger partial charge in [0.1, 0.15) is 5.82 Å². The molecule has 0 heterocycles. The Morgan fingerprint density at radius 2 is 2.12 bits per heavy atom. The van der Waals surface area contributed by atoms with Gasteiger partial charge in [-0.05, 0) is 38.0 Å². The number of rotatable bonds is 5. The van der Waals surface area contributed by atoms with Gasteiger partial charge in [0.05, 0.1) is 6.10 Å². The average Bonchev–Trinajstić information content (AvgIpc) is 2.15. The van der Waals surface area contributed by atoms with Crippen LogP contribution in [0.1, 0.15) is 25.8 Å². The summed E-state index contributed by atoms with van der Waals surface area (Å²) in [6.07, 6.45) is 0.401. The van der Waals surface area contributed by atoms with E-state index >= 15 is 0 Å². The van der Waals surface area contributed by atoms with E-state index in [1.54, 1.807) is 13.0 Å². The Morgan fingerprint density at radius 3 is 2.69 bits per heavy atom. The lowest BCUT2D eigenvalue weighted by atomic mass is 10.1. The van der Waals surface area contributed by atoms with E-state index in [-0.39, 0.29) is 18.0 Å². The number of benzene rings is 1. The fraction of sp³-hybridized carbons (Fsp3) is 0.500. The van der Waals surface area contributed by atoms with Gasteiger partial charge in [-0.15, -0.1) is 0 Å². The fourth-order valence-electron chi connectivity index (χ4n) is 1.54. The minimum absolute atomic E-state index is 0.233. The van der Waals surface area contributed by atoms with E-state index in [2.05, 4.69) is 21.2 Å². The molecule has 2 nitrogen and oxygen atoms in total. The topological polar surface area (TPSA) is 32.3 Å². The predicted molar refractivity (Wildman–Crippen MR) is 66.7 cm³/mol. The van der Waals surface area contributed by atoms with Crippen molar-refractivity contribution in [3.63, 3.8) is 0 Å². The molecule has 0 aliphatic carbocycles. The fourth-order valence-corrected chi connectivity index (χ4v) is 2.04. The third kappa shape index (κ3) is 4.60. The van der Waals surface area contributed by atoms with Gasteiger partial charge in [-0.25, -0.2) is 4.39 Å². The van der Waals surface area contributed by atoms with Crippen molar-refractivity contribution in [3.8, 4) is 0 Å². The van der Waals surface area contributed by atoms with Gasteiger partial charge in [0.25, 0.3) is 0 Å². The first-order chi connectivity index (χ1) is 7.49. The molecule has 0 saturated heterocycles. The zero-order chi connectivity index (χ0) is 12.1. The SMILES string of the molecule is CC(O)CC(C)NCc1ccc(F)cc1Br. The second-order valence-electron chi connectivity index (χ2n) is 4.10. The van der Waals surface area contributed by atoms with Crippen molar-refractivity contribution in [2.75, 3.05) is 0 Å². The Morgan fingerprint density at radius 1 is 1.44 bits per heavy atom. The molecule has 2 unspecified atom stereocenters. The second kappa shape index (κ2) is 6.33. The van der Waals surface area contributed by atoms with Crippen LogP contribution in [0.15, 0.2) is 22.7 Å². The van der Waals surface area contributed by atoms with Crippen LogP contribution in [-0.4, -0.2) is 17.3 Å². The van der Waals surface area contributed by atoms with Gasteiger partial charge in [-0.1, -0.05) is 22.0 Å². The normalized spacial score (nSPS) is 14.8. The highest BCUT2D eigenvalue weighted by atomic mass is 79.9. The molecule has 0 spiro atoms. The Hall–Kier alpha value is -0.450.